The number of morpholine rings is 1. The topological polar surface area (TPSA) is 89.2 Å². The predicted octanol–water partition coefficient (Wildman–Crippen LogP) is 0.884. The van der Waals surface area contributed by atoms with Crippen molar-refractivity contribution in [2.24, 2.45) is 5.84 Å². The van der Waals surface area contributed by atoms with Crippen molar-refractivity contribution >= 4 is 23.7 Å². The number of nitrogen functional groups attached to an aromatic ring is 1. The normalized spacial score (nSPS) is 16.5. The number of rotatable bonds is 3. The van der Waals surface area contributed by atoms with Crippen LogP contribution in [0.4, 0.5) is 11.9 Å². The molecule has 0 bridgehead atoms. The zero-order chi connectivity index (χ0) is 13.9. The fourth-order valence-electron chi connectivity index (χ4n) is 1.63. The van der Waals surface area contributed by atoms with Crippen molar-refractivity contribution in [3.63, 3.8) is 0 Å². The molecule has 0 aromatic carbocycles. The number of hydrogen-bond donors (Lipinski definition) is 2. The number of hydrazine groups is 1. The highest BCUT2D eigenvalue weighted by atomic mass is 32.2. The maximum atomic E-state index is 5.43. The van der Waals surface area contributed by atoms with Gasteiger partial charge in [0.25, 0.3) is 0 Å². The van der Waals surface area contributed by atoms with Gasteiger partial charge in [-0.1, -0.05) is 32.5 Å². The van der Waals surface area contributed by atoms with Crippen LogP contribution in [-0.4, -0.2) is 46.0 Å². The maximum Gasteiger partial charge on any atom is 0.242 e. The van der Waals surface area contributed by atoms with Crippen molar-refractivity contribution < 1.29 is 4.74 Å². The fourth-order valence-corrected chi connectivity index (χ4v) is 2.44. The molecule has 1 saturated heterocycles. The average molecular weight is 284 g/mol. The number of thioether (sulfide) groups is 1. The van der Waals surface area contributed by atoms with Crippen molar-refractivity contribution in [1.29, 1.82) is 0 Å². The fraction of sp³-hybridized carbons (Fsp3) is 0.727. The Labute approximate surface area is 117 Å². The third-order valence-corrected chi connectivity index (χ3v) is 3.40. The first-order valence-corrected chi connectivity index (χ1v) is 7.04. The molecule has 0 radical (unpaired) electrons. The molecule has 1 aromatic heterocycles. The van der Waals surface area contributed by atoms with Gasteiger partial charge in [-0.15, -0.1) is 0 Å². The minimum absolute atomic E-state index is 0.0372. The highest BCUT2D eigenvalue weighted by Crippen LogP contribution is 2.30. The Morgan fingerprint density at radius 3 is 2.47 bits per heavy atom. The van der Waals surface area contributed by atoms with Crippen molar-refractivity contribution in [1.82, 2.24) is 15.0 Å². The molecule has 8 heteroatoms. The van der Waals surface area contributed by atoms with Crippen LogP contribution in [0, 0.1) is 0 Å². The van der Waals surface area contributed by atoms with Crippen molar-refractivity contribution in [3.05, 3.63) is 0 Å². The minimum Gasteiger partial charge on any atom is -0.378 e. The third-order valence-electron chi connectivity index (χ3n) is 2.42. The monoisotopic (exact) mass is 284 g/mol. The molecule has 1 aliphatic rings. The summed E-state index contributed by atoms with van der Waals surface area (Å²) in [6.07, 6.45) is 0. The third kappa shape index (κ3) is 4.19. The van der Waals surface area contributed by atoms with Crippen molar-refractivity contribution in [3.8, 4) is 0 Å². The molecule has 2 rings (SSSR count). The second kappa shape index (κ2) is 5.89. The molecule has 106 valence electrons. The van der Waals surface area contributed by atoms with Gasteiger partial charge in [0.05, 0.1) is 13.2 Å². The smallest absolute Gasteiger partial charge is 0.242 e. The molecule has 0 aliphatic carbocycles. The molecule has 0 spiro atoms. The van der Waals surface area contributed by atoms with Gasteiger partial charge in [-0.25, -0.2) is 5.84 Å². The highest BCUT2D eigenvalue weighted by molar-refractivity contribution is 8.00. The van der Waals surface area contributed by atoms with Gasteiger partial charge in [0.15, 0.2) is 5.16 Å². The standard InChI is InChI=1S/C11H20N6OS/c1-11(2,3)19-10-14-8(16-12)13-9(15-10)17-4-6-18-7-5-17/h4-7,12H2,1-3H3,(H,13,14,15,16). The molecule has 0 atom stereocenters. The maximum absolute atomic E-state index is 5.43. The molecule has 0 saturated carbocycles. The van der Waals surface area contributed by atoms with Crippen molar-refractivity contribution in [2.75, 3.05) is 36.6 Å². The summed E-state index contributed by atoms with van der Waals surface area (Å²) in [7, 11) is 0. The van der Waals surface area contributed by atoms with Crippen LogP contribution in [0.15, 0.2) is 5.16 Å². The summed E-state index contributed by atoms with van der Waals surface area (Å²) in [5, 5.41) is 0.678. The van der Waals surface area contributed by atoms with Gasteiger partial charge in [-0.2, -0.15) is 15.0 Å². The van der Waals surface area contributed by atoms with E-state index in [-0.39, 0.29) is 4.75 Å². The number of nitrogens with two attached hydrogens (primary N) is 1. The lowest BCUT2D eigenvalue weighted by molar-refractivity contribution is 0.122. The zero-order valence-corrected chi connectivity index (χ0v) is 12.3. The first kappa shape index (κ1) is 14.3. The predicted molar refractivity (Wildman–Crippen MR) is 76.3 cm³/mol. The molecule has 7 nitrogen and oxygen atoms in total. The summed E-state index contributed by atoms with van der Waals surface area (Å²) in [6, 6.07) is 0. The summed E-state index contributed by atoms with van der Waals surface area (Å²) in [6.45, 7) is 9.31. The van der Waals surface area contributed by atoms with Crippen LogP contribution in [0.3, 0.4) is 0 Å². The lowest BCUT2D eigenvalue weighted by Gasteiger charge is -2.27. The number of hydrogen-bond acceptors (Lipinski definition) is 8. The lowest BCUT2D eigenvalue weighted by Crippen LogP contribution is -2.37. The SMILES string of the molecule is CC(C)(C)Sc1nc(NN)nc(N2CCOCC2)n1. The van der Waals surface area contributed by atoms with E-state index in [2.05, 4.69) is 46.0 Å². The Morgan fingerprint density at radius 2 is 1.89 bits per heavy atom. The lowest BCUT2D eigenvalue weighted by atomic mass is 10.3. The van der Waals surface area contributed by atoms with Crippen LogP contribution in [-0.2, 0) is 4.74 Å². The number of aromatic nitrogens is 3. The van der Waals surface area contributed by atoms with E-state index < -0.39 is 0 Å². The number of ether oxygens (including phenoxy) is 1. The Hall–Kier alpha value is -1.12. The summed E-state index contributed by atoms with van der Waals surface area (Å²) in [4.78, 5) is 15.2. The first-order valence-electron chi connectivity index (χ1n) is 6.22. The van der Waals surface area contributed by atoms with E-state index in [4.69, 9.17) is 10.6 Å². The molecule has 2 heterocycles. The zero-order valence-electron chi connectivity index (χ0n) is 11.5. The van der Waals surface area contributed by atoms with Crippen LogP contribution in [0.5, 0.6) is 0 Å². The van der Waals surface area contributed by atoms with Gasteiger partial charge in [0.2, 0.25) is 11.9 Å². The van der Waals surface area contributed by atoms with Crippen molar-refractivity contribution in [2.45, 2.75) is 30.7 Å². The Kier molecular flexibility index (Phi) is 4.43. The summed E-state index contributed by atoms with van der Waals surface area (Å²) >= 11 is 1.59. The van der Waals surface area contributed by atoms with Crippen LogP contribution >= 0.6 is 11.8 Å². The second-order valence-electron chi connectivity index (χ2n) is 5.20. The van der Waals surface area contributed by atoms with E-state index in [1.54, 1.807) is 11.8 Å². The van der Waals surface area contributed by atoms with E-state index in [1.165, 1.54) is 0 Å². The molecular weight excluding hydrogens is 264 g/mol. The van der Waals surface area contributed by atoms with E-state index in [1.807, 2.05) is 0 Å². The Bertz CT molecular complexity index is 430. The minimum atomic E-state index is 0.0372. The Balaban J connectivity index is 2.24. The van der Waals surface area contributed by atoms with Crippen LogP contribution in [0.25, 0.3) is 0 Å². The van der Waals surface area contributed by atoms with Gasteiger partial charge < -0.3 is 9.64 Å². The molecule has 0 unspecified atom stereocenters. The Morgan fingerprint density at radius 1 is 1.21 bits per heavy atom. The van der Waals surface area contributed by atoms with Gasteiger partial charge in [0, 0.05) is 17.8 Å². The molecule has 0 amide bonds. The molecule has 1 fully saturated rings. The molecule has 3 N–H and O–H groups in total. The van der Waals surface area contributed by atoms with E-state index >= 15 is 0 Å². The number of anilines is 2. The van der Waals surface area contributed by atoms with Gasteiger partial charge in [0.1, 0.15) is 0 Å². The quantitative estimate of drug-likeness (QED) is 0.480. The highest BCUT2D eigenvalue weighted by Gasteiger charge is 2.19. The summed E-state index contributed by atoms with van der Waals surface area (Å²) in [5.41, 5.74) is 2.50. The molecule has 1 aliphatic heterocycles. The van der Waals surface area contributed by atoms with Gasteiger partial charge >= 0.3 is 0 Å². The first-order chi connectivity index (χ1) is 8.98. The number of nitrogens with one attached hydrogen (secondary N) is 1. The molecule has 19 heavy (non-hydrogen) atoms. The van der Waals surface area contributed by atoms with Crippen LogP contribution in [0.1, 0.15) is 20.8 Å². The van der Waals surface area contributed by atoms with E-state index in [0.29, 0.717) is 30.3 Å². The second-order valence-corrected chi connectivity index (χ2v) is 6.99. The molecule has 1 aromatic rings. The van der Waals surface area contributed by atoms with Crippen LogP contribution < -0.4 is 16.2 Å². The summed E-state index contributed by atoms with van der Waals surface area (Å²) in [5.74, 6) is 6.47. The summed E-state index contributed by atoms with van der Waals surface area (Å²) < 4.78 is 5.37. The van der Waals surface area contributed by atoms with E-state index in [0.717, 1.165) is 13.1 Å². The van der Waals surface area contributed by atoms with Crippen LogP contribution in [0.2, 0.25) is 0 Å². The van der Waals surface area contributed by atoms with Gasteiger partial charge in [-0.05, 0) is 0 Å². The molecular formula is C11H20N6OS. The number of nitrogens with zero attached hydrogens (tertiary/aromatic N) is 4. The largest absolute Gasteiger partial charge is 0.378 e. The average Bonchev–Trinajstić information content (AvgIpc) is 2.37. The van der Waals surface area contributed by atoms with Gasteiger partial charge in [-0.3, -0.25) is 5.43 Å². The van der Waals surface area contributed by atoms with E-state index in [9.17, 15) is 0 Å².